The van der Waals surface area contributed by atoms with Gasteiger partial charge in [0.1, 0.15) is 18.0 Å². The lowest BCUT2D eigenvalue weighted by Crippen LogP contribution is -2.18. The Bertz CT molecular complexity index is 568. The van der Waals surface area contributed by atoms with Gasteiger partial charge in [0.2, 0.25) is 0 Å². The molecule has 1 heterocycles. The Morgan fingerprint density at radius 2 is 2.16 bits per heavy atom. The lowest BCUT2D eigenvalue weighted by Gasteiger charge is -2.15. The summed E-state index contributed by atoms with van der Waals surface area (Å²) in [5.74, 6) is 0.308. The van der Waals surface area contributed by atoms with E-state index >= 15 is 0 Å². The summed E-state index contributed by atoms with van der Waals surface area (Å²) < 4.78 is 15.2. The molecule has 0 aliphatic heterocycles. The fraction of sp³-hybridized carbons (Fsp3) is 0.385. The Kier molecular flexibility index (Phi) is 4.17. The number of nitrogens with zero attached hydrogens (tertiary/aromatic N) is 3. The maximum atomic E-state index is 13.4. The van der Waals surface area contributed by atoms with E-state index < -0.39 is 11.9 Å². The van der Waals surface area contributed by atoms with E-state index in [2.05, 4.69) is 10.1 Å². The second kappa shape index (κ2) is 5.67. The SMILES string of the molecule is CC(C)n1ncnc1CC(N)c1cccc(F)c1Cl. The van der Waals surface area contributed by atoms with Crippen molar-refractivity contribution in [3.63, 3.8) is 0 Å². The summed E-state index contributed by atoms with van der Waals surface area (Å²) in [7, 11) is 0. The molecule has 0 fully saturated rings. The molecule has 0 aliphatic rings. The monoisotopic (exact) mass is 282 g/mol. The van der Waals surface area contributed by atoms with Crippen molar-refractivity contribution in [3.8, 4) is 0 Å². The standard InChI is InChI=1S/C13H16ClFN4/c1-8(2)19-12(17-7-18-19)6-11(16)9-4-3-5-10(15)13(9)14/h3-5,7-8,11H,6,16H2,1-2H3. The van der Waals surface area contributed by atoms with Crippen molar-refractivity contribution in [3.05, 3.63) is 46.8 Å². The highest BCUT2D eigenvalue weighted by Crippen LogP contribution is 2.26. The van der Waals surface area contributed by atoms with Gasteiger partial charge in [-0.2, -0.15) is 5.10 Å². The Balaban J connectivity index is 2.23. The zero-order chi connectivity index (χ0) is 14.0. The van der Waals surface area contributed by atoms with Crippen LogP contribution in [0.4, 0.5) is 4.39 Å². The number of rotatable bonds is 4. The molecular weight excluding hydrogens is 267 g/mol. The molecule has 2 aromatic rings. The summed E-state index contributed by atoms with van der Waals surface area (Å²) >= 11 is 5.93. The predicted octanol–water partition coefficient (Wildman–Crippen LogP) is 2.89. The molecule has 0 saturated carbocycles. The van der Waals surface area contributed by atoms with Crippen LogP contribution in [0.5, 0.6) is 0 Å². The van der Waals surface area contributed by atoms with Gasteiger partial charge in [0.15, 0.2) is 0 Å². The van der Waals surface area contributed by atoms with E-state index in [1.165, 1.54) is 12.4 Å². The Morgan fingerprint density at radius 1 is 1.42 bits per heavy atom. The molecule has 0 amide bonds. The van der Waals surface area contributed by atoms with Gasteiger partial charge in [-0.1, -0.05) is 23.7 Å². The largest absolute Gasteiger partial charge is 0.324 e. The lowest BCUT2D eigenvalue weighted by molar-refractivity contribution is 0.493. The van der Waals surface area contributed by atoms with Crippen molar-refractivity contribution in [1.82, 2.24) is 14.8 Å². The van der Waals surface area contributed by atoms with Gasteiger partial charge < -0.3 is 5.73 Å². The summed E-state index contributed by atoms with van der Waals surface area (Å²) in [6, 6.07) is 4.43. The zero-order valence-corrected chi connectivity index (χ0v) is 11.6. The van der Waals surface area contributed by atoms with E-state index in [4.69, 9.17) is 17.3 Å². The molecule has 0 spiro atoms. The van der Waals surface area contributed by atoms with E-state index in [-0.39, 0.29) is 11.1 Å². The van der Waals surface area contributed by atoms with Gasteiger partial charge in [-0.25, -0.2) is 14.1 Å². The van der Waals surface area contributed by atoms with Crippen molar-refractivity contribution < 1.29 is 4.39 Å². The minimum absolute atomic E-state index is 0.0746. The highest BCUT2D eigenvalue weighted by atomic mass is 35.5. The minimum Gasteiger partial charge on any atom is -0.324 e. The molecule has 1 aromatic heterocycles. The van der Waals surface area contributed by atoms with Gasteiger partial charge in [-0.05, 0) is 25.5 Å². The average molecular weight is 283 g/mol. The summed E-state index contributed by atoms with van der Waals surface area (Å²) in [4.78, 5) is 4.19. The van der Waals surface area contributed by atoms with Gasteiger partial charge in [-0.3, -0.25) is 0 Å². The Labute approximate surface area is 116 Å². The summed E-state index contributed by atoms with van der Waals surface area (Å²) in [6.45, 7) is 4.03. The van der Waals surface area contributed by atoms with E-state index in [9.17, 15) is 4.39 Å². The zero-order valence-electron chi connectivity index (χ0n) is 10.8. The number of benzene rings is 1. The van der Waals surface area contributed by atoms with E-state index in [0.717, 1.165) is 5.82 Å². The van der Waals surface area contributed by atoms with Gasteiger partial charge in [0, 0.05) is 18.5 Å². The molecule has 0 aliphatic carbocycles. The maximum Gasteiger partial charge on any atom is 0.142 e. The second-order valence-electron chi connectivity index (χ2n) is 4.67. The molecule has 6 heteroatoms. The van der Waals surface area contributed by atoms with Crippen LogP contribution in [0.1, 0.15) is 37.3 Å². The number of hydrogen-bond donors (Lipinski definition) is 1. The molecule has 19 heavy (non-hydrogen) atoms. The molecule has 1 atom stereocenters. The number of nitrogens with two attached hydrogens (primary N) is 1. The highest BCUT2D eigenvalue weighted by molar-refractivity contribution is 6.31. The van der Waals surface area contributed by atoms with Crippen molar-refractivity contribution in [1.29, 1.82) is 0 Å². The second-order valence-corrected chi connectivity index (χ2v) is 5.05. The first-order valence-corrected chi connectivity index (χ1v) is 6.46. The molecule has 0 radical (unpaired) electrons. The number of hydrogen-bond acceptors (Lipinski definition) is 3. The summed E-state index contributed by atoms with van der Waals surface area (Å²) in [5.41, 5.74) is 6.68. The van der Waals surface area contributed by atoms with Crippen molar-refractivity contribution in [2.24, 2.45) is 5.73 Å². The average Bonchev–Trinajstić information content (AvgIpc) is 2.80. The van der Waals surface area contributed by atoms with Gasteiger partial charge in [-0.15, -0.1) is 0 Å². The molecule has 2 rings (SSSR count). The van der Waals surface area contributed by atoms with E-state index in [0.29, 0.717) is 12.0 Å². The fourth-order valence-corrected chi connectivity index (χ4v) is 2.23. The molecule has 0 bridgehead atoms. The van der Waals surface area contributed by atoms with Crippen LogP contribution in [0.2, 0.25) is 5.02 Å². The first kappa shape index (κ1) is 14.0. The van der Waals surface area contributed by atoms with Crippen molar-refractivity contribution in [2.45, 2.75) is 32.4 Å². The molecule has 4 nitrogen and oxygen atoms in total. The van der Waals surface area contributed by atoms with Crippen LogP contribution in [0.15, 0.2) is 24.5 Å². The fourth-order valence-electron chi connectivity index (χ4n) is 1.97. The first-order valence-electron chi connectivity index (χ1n) is 6.08. The minimum atomic E-state index is -0.458. The maximum absolute atomic E-state index is 13.4. The topological polar surface area (TPSA) is 56.7 Å². The smallest absolute Gasteiger partial charge is 0.142 e. The third kappa shape index (κ3) is 2.93. The van der Waals surface area contributed by atoms with E-state index in [1.807, 2.05) is 13.8 Å². The molecule has 2 N–H and O–H groups in total. The first-order chi connectivity index (χ1) is 9.00. The third-order valence-corrected chi connectivity index (χ3v) is 3.32. The van der Waals surface area contributed by atoms with Crippen LogP contribution < -0.4 is 5.73 Å². The van der Waals surface area contributed by atoms with Gasteiger partial charge >= 0.3 is 0 Å². The normalized spacial score (nSPS) is 12.9. The quantitative estimate of drug-likeness (QED) is 0.938. The van der Waals surface area contributed by atoms with Gasteiger partial charge in [0.25, 0.3) is 0 Å². The highest BCUT2D eigenvalue weighted by Gasteiger charge is 2.17. The predicted molar refractivity (Wildman–Crippen MR) is 72.4 cm³/mol. The van der Waals surface area contributed by atoms with Crippen LogP contribution in [-0.2, 0) is 6.42 Å². The Hall–Kier alpha value is -1.46. The molecule has 0 saturated heterocycles. The van der Waals surface area contributed by atoms with Crippen LogP contribution in [0.25, 0.3) is 0 Å². The summed E-state index contributed by atoms with van der Waals surface area (Å²) in [6.07, 6.45) is 1.95. The van der Waals surface area contributed by atoms with Crippen LogP contribution in [-0.4, -0.2) is 14.8 Å². The molecular formula is C13H16ClFN4. The summed E-state index contributed by atoms with van der Waals surface area (Å²) in [5, 5.41) is 4.22. The van der Waals surface area contributed by atoms with Crippen LogP contribution in [0, 0.1) is 5.82 Å². The van der Waals surface area contributed by atoms with E-state index in [1.54, 1.807) is 16.8 Å². The van der Waals surface area contributed by atoms with Crippen molar-refractivity contribution >= 4 is 11.6 Å². The number of aromatic nitrogens is 3. The molecule has 1 unspecified atom stereocenters. The Morgan fingerprint density at radius 3 is 2.84 bits per heavy atom. The van der Waals surface area contributed by atoms with Crippen LogP contribution >= 0.6 is 11.6 Å². The van der Waals surface area contributed by atoms with Crippen LogP contribution in [0.3, 0.4) is 0 Å². The number of halogens is 2. The molecule has 102 valence electrons. The molecule has 1 aromatic carbocycles. The third-order valence-electron chi connectivity index (χ3n) is 2.92. The van der Waals surface area contributed by atoms with Gasteiger partial charge in [0.05, 0.1) is 5.02 Å². The van der Waals surface area contributed by atoms with Crippen molar-refractivity contribution in [2.75, 3.05) is 0 Å². The lowest BCUT2D eigenvalue weighted by atomic mass is 10.0.